The summed E-state index contributed by atoms with van der Waals surface area (Å²) in [5.74, 6) is 1.27. The summed E-state index contributed by atoms with van der Waals surface area (Å²) in [5.41, 5.74) is 5.30. The van der Waals surface area contributed by atoms with E-state index >= 15 is 0 Å². The van der Waals surface area contributed by atoms with Crippen LogP contribution in [0.4, 0.5) is 0 Å². The highest BCUT2D eigenvalue weighted by Gasteiger charge is 2.57. The Balaban J connectivity index is 1.55. The number of ether oxygens (including phenoxy) is 3. The summed E-state index contributed by atoms with van der Waals surface area (Å²) in [4.78, 5) is 17.6. The highest BCUT2D eigenvalue weighted by Crippen LogP contribution is 2.58. The highest BCUT2D eigenvalue weighted by molar-refractivity contribution is 5.78. The van der Waals surface area contributed by atoms with Crippen LogP contribution < -0.4 is 19.5 Å². The quantitative estimate of drug-likeness (QED) is 0.288. The van der Waals surface area contributed by atoms with Crippen molar-refractivity contribution in [1.29, 1.82) is 5.26 Å². The van der Waals surface area contributed by atoms with Gasteiger partial charge in [-0.2, -0.15) is 5.26 Å². The average molecular weight is 643 g/mol. The molecular formula is C36H42N4O7. The van der Waals surface area contributed by atoms with Crippen LogP contribution in [0.5, 0.6) is 28.7 Å². The minimum Gasteiger partial charge on any atom is -0.507 e. The molecular weight excluding hydrogens is 600 g/mol. The summed E-state index contributed by atoms with van der Waals surface area (Å²) < 4.78 is 17.5. The first-order chi connectivity index (χ1) is 22.6. The van der Waals surface area contributed by atoms with Gasteiger partial charge in [0.25, 0.3) is 0 Å². The van der Waals surface area contributed by atoms with Gasteiger partial charge in [-0.25, -0.2) is 0 Å². The van der Waals surface area contributed by atoms with Crippen LogP contribution in [0.25, 0.3) is 0 Å². The van der Waals surface area contributed by atoms with E-state index in [1.54, 1.807) is 21.1 Å². The molecule has 1 amide bonds. The van der Waals surface area contributed by atoms with Crippen molar-refractivity contribution in [3.8, 4) is 34.8 Å². The molecule has 0 radical (unpaired) electrons. The van der Waals surface area contributed by atoms with Crippen LogP contribution in [-0.4, -0.2) is 84.1 Å². The van der Waals surface area contributed by atoms with Crippen LogP contribution in [0.15, 0.2) is 30.3 Å². The first kappa shape index (κ1) is 32.4. The summed E-state index contributed by atoms with van der Waals surface area (Å²) >= 11 is 0. The molecule has 3 heterocycles. The number of carbonyl (C=O) groups is 1. The Morgan fingerprint density at radius 3 is 2.17 bits per heavy atom. The molecule has 11 nitrogen and oxygen atoms in total. The number of rotatable bonds is 8. The minimum atomic E-state index is -0.655. The summed E-state index contributed by atoms with van der Waals surface area (Å²) in [7, 11) is 6.65. The number of benzene rings is 3. The fraction of sp³-hybridized carbons (Fsp3) is 0.444. The Bertz CT molecular complexity index is 1760. The van der Waals surface area contributed by atoms with Crippen molar-refractivity contribution in [2.24, 2.45) is 0 Å². The molecule has 248 valence electrons. The molecule has 4 N–H and O–H groups in total. The van der Waals surface area contributed by atoms with Gasteiger partial charge in [0.15, 0.2) is 11.5 Å². The number of likely N-dealkylation sites (N-methyl/N-ethyl adjacent to an activating group) is 1. The number of piperazine rings is 1. The average Bonchev–Trinajstić information content (AvgIpc) is 3.05. The molecule has 0 aliphatic carbocycles. The Morgan fingerprint density at radius 2 is 1.55 bits per heavy atom. The number of carbonyl (C=O) groups excluding carboxylic acids is 1. The molecule has 11 heteroatoms. The van der Waals surface area contributed by atoms with Crippen molar-refractivity contribution in [2.75, 3.05) is 34.9 Å². The Hall–Kier alpha value is -4.50. The number of hydrogen-bond acceptors (Lipinski definition) is 10. The van der Waals surface area contributed by atoms with Crippen molar-refractivity contribution < 1.29 is 34.3 Å². The number of phenolic OH excluding ortho intramolecular Hbond substituents is 1. The van der Waals surface area contributed by atoms with Crippen molar-refractivity contribution in [2.45, 2.75) is 69.9 Å². The highest BCUT2D eigenvalue weighted by atomic mass is 16.5. The number of hydrogen-bond donors (Lipinski definition) is 4. The van der Waals surface area contributed by atoms with E-state index < -0.39 is 24.7 Å². The molecule has 5 atom stereocenters. The molecule has 0 saturated carbocycles. The van der Waals surface area contributed by atoms with Crippen LogP contribution in [0.3, 0.4) is 0 Å². The van der Waals surface area contributed by atoms with Crippen molar-refractivity contribution in [3.63, 3.8) is 0 Å². The molecule has 6 rings (SSSR count). The van der Waals surface area contributed by atoms with E-state index in [2.05, 4.69) is 21.2 Å². The van der Waals surface area contributed by atoms with Gasteiger partial charge >= 0.3 is 0 Å². The van der Waals surface area contributed by atoms with Gasteiger partial charge in [-0.15, -0.1) is 0 Å². The second kappa shape index (κ2) is 12.6. The van der Waals surface area contributed by atoms with E-state index in [4.69, 9.17) is 14.2 Å². The van der Waals surface area contributed by atoms with Crippen LogP contribution in [0, 0.1) is 25.2 Å². The zero-order chi connectivity index (χ0) is 33.7. The van der Waals surface area contributed by atoms with Gasteiger partial charge < -0.3 is 34.8 Å². The van der Waals surface area contributed by atoms with Gasteiger partial charge in [-0.3, -0.25) is 14.6 Å². The van der Waals surface area contributed by atoms with E-state index in [-0.39, 0.29) is 42.5 Å². The van der Waals surface area contributed by atoms with E-state index in [1.807, 2.05) is 44.3 Å². The maximum atomic E-state index is 13.3. The van der Waals surface area contributed by atoms with Gasteiger partial charge in [0.1, 0.15) is 23.3 Å². The normalized spacial score (nSPS) is 23.1. The standard InChI is InChI=1S/C36H42N4O7/c1-18-23(17-41)32(43)29-21(34(18)45-4)14-25-31-30-22(35(46-5)19(2)36(47-6)33(30)44)13-24(39(31)3)26(15-37)40(25)27(29)16-38-28(42)12-20-10-8-7-9-11-20/h7-11,24-27,31,41,43-44H,12-14,16-17H2,1-6H3,(H,38,42)/t24-,25-,26-,27-,31+/m0/s1. The largest absolute Gasteiger partial charge is 0.507 e. The maximum Gasteiger partial charge on any atom is 0.224 e. The predicted molar refractivity (Wildman–Crippen MR) is 174 cm³/mol. The number of nitrogens with zero attached hydrogens (tertiary/aromatic N) is 3. The fourth-order valence-electron chi connectivity index (χ4n) is 8.49. The Kier molecular flexibility index (Phi) is 8.70. The molecule has 3 aliphatic heterocycles. The number of aliphatic hydroxyl groups is 1. The van der Waals surface area contributed by atoms with Crippen LogP contribution in [-0.2, 0) is 30.7 Å². The predicted octanol–water partition coefficient (Wildman–Crippen LogP) is 3.36. The molecule has 3 aliphatic rings. The Morgan fingerprint density at radius 1 is 0.936 bits per heavy atom. The van der Waals surface area contributed by atoms with E-state index in [9.17, 15) is 25.4 Å². The molecule has 1 saturated heterocycles. The van der Waals surface area contributed by atoms with Crippen LogP contribution in [0.1, 0.15) is 56.6 Å². The summed E-state index contributed by atoms with van der Waals surface area (Å²) in [5, 5.41) is 47.8. The molecule has 0 aromatic heterocycles. The van der Waals surface area contributed by atoms with Gasteiger partial charge in [-0.05, 0) is 39.3 Å². The van der Waals surface area contributed by atoms with Crippen LogP contribution in [0.2, 0.25) is 0 Å². The van der Waals surface area contributed by atoms with Gasteiger partial charge in [0, 0.05) is 57.6 Å². The van der Waals surface area contributed by atoms with Gasteiger partial charge in [-0.1, -0.05) is 30.3 Å². The maximum absolute atomic E-state index is 13.3. The van der Waals surface area contributed by atoms with E-state index in [1.165, 1.54) is 7.11 Å². The summed E-state index contributed by atoms with van der Waals surface area (Å²) in [6.45, 7) is 3.34. The minimum absolute atomic E-state index is 0.0339. The molecule has 47 heavy (non-hydrogen) atoms. The molecule has 2 bridgehead atoms. The summed E-state index contributed by atoms with van der Waals surface area (Å²) in [6.07, 6.45) is 0.964. The summed E-state index contributed by atoms with van der Waals surface area (Å²) in [6, 6.07) is 9.60. The van der Waals surface area contributed by atoms with Crippen molar-refractivity contribution in [1.82, 2.24) is 15.1 Å². The number of phenols is 2. The zero-order valence-corrected chi connectivity index (χ0v) is 27.6. The van der Waals surface area contributed by atoms with Gasteiger partial charge in [0.05, 0.1) is 52.5 Å². The smallest absolute Gasteiger partial charge is 0.224 e. The van der Waals surface area contributed by atoms with Crippen molar-refractivity contribution in [3.05, 3.63) is 74.8 Å². The number of fused-ring (bicyclic) bond motifs is 7. The monoisotopic (exact) mass is 642 g/mol. The number of methoxy groups -OCH3 is 3. The zero-order valence-electron chi connectivity index (χ0n) is 27.6. The van der Waals surface area contributed by atoms with Crippen LogP contribution >= 0.6 is 0 Å². The van der Waals surface area contributed by atoms with Crippen molar-refractivity contribution >= 4 is 5.91 Å². The second-order valence-electron chi connectivity index (χ2n) is 12.6. The molecule has 3 aromatic carbocycles. The third-order valence-electron chi connectivity index (χ3n) is 10.5. The molecule has 3 aromatic rings. The SMILES string of the molecule is COc1c(C)c(OC)c2c(c1O)[C@H]1[C@@H]3Cc4c(OC)c(C)c(CO)c(O)c4[C@H](CNC(=O)Cc4ccccc4)N3[C@@H](C#N)[C@H](C2)N1C. The lowest BCUT2D eigenvalue weighted by atomic mass is 9.71. The first-order valence-electron chi connectivity index (χ1n) is 15.8. The Labute approximate surface area is 274 Å². The lowest BCUT2D eigenvalue weighted by Crippen LogP contribution is -2.68. The number of aliphatic hydroxyl groups excluding tert-OH is 1. The van der Waals surface area contributed by atoms with Gasteiger partial charge in [0.2, 0.25) is 5.91 Å². The lowest BCUT2D eigenvalue weighted by Gasteiger charge is -2.60. The van der Waals surface area contributed by atoms with E-state index in [0.717, 1.165) is 16.7 Å². The number of amides is 1. The fourth-order valence-corrected chi connectivity index (χ4v) is 8.49. The molecule has 0 unspecified atom stereocenters. The van der Waals surface area contributed by atoms with E-state index in [0.29, 0.717) is 57.9 Å². The molecule has 1 fully saturated rings. The number of nitriles is 1. The third kappa shape index (κ3) is 4.94. The topological polar surface area (TPSA) is 148 Å². The first-order valence-corrected chi connectivity index (χ1v) is 15.8. The lowest BCUT2D eigenvalue weighted by molar-refractivity contribution is -0.121. The third-order valence-corrected chi connectivity index (χ3v) is 10.5. The number of nitrogens with one attached hydrogen (secondary N) is 1. The second-order valence-corrected chi connectivity index (χ2v) is 12.6. The molecule has 0 spiro atoms. The number of aromatic hydroxyl groups is 2.